The number of primary amides is 1. The Kier molecular flexibility index (Phi) is 10.8. The first kappa shape index (κ1) is 32.1. The predicted octanol–water partition coefficient (Wildman–Crippen LogP) is 4.77. The second-order valence-electron chi connectivity index (χ2n) is 10.4. The largest absolute Gasteiger partial charge is 0.490 e. The van der Waals surface area contributed by atoms with Gasteiger partial charge < -0.3 is 25.1 Å². The number of nitrogens with two attached hydrogens (primary N) is 1. The Labute approximate surface area is 255 Å². The van der Waals surface area contributed by atoms with Crippen LogP contribution in [0.2, 0.25) is 5.15 Å². The minimum atomic E-state index is -3.76. The van der Waals surface area contributed by atoms with Gasteiger partial charge in [0.1, 0.15) is 29.4 Å². The monoisotopic (exact) mass is 631 g/mol. The third-order valence-electron chi connectivity index (χ3n) is 6.87. The lowest BCUT2D eigenvalue weighted by atomic mass is 9.97. The standard InChI is InChI=1S/C30H34ClN3O8S/c1-43(38,39)34-29(36)25-13-9-20(15-27(25)42-22-5-3-2-4-6-22)19-7-11-23(12-8-19)41-24(18-40-30(32)37)16-26(35)21-10-14-28(31)33-17-21/h7-15,17,22,24,26,35H,2-6,16,18H2,1H3,(H2,32,37)(H,34,36)/t24?,26-/m1/s1. The molecule has 4 N–H and O–H groups in total. The topological polar surface area (TPSA) is 167 Å². The molecule has 2 atom stereocenters. The van der Waals surface area contributed by atoms with Crippen LogP contribution in [0, 0.1) is 0 Å². The molecule has 0 spiro atoms. The fraction of sp³-hybridized carbons (Fsp3) is 0.367. The van der Waals surface area contributed by atoms with E-state index in [4.69, 9.17) is 31.5 Å². The third kappa shape index (κ3) is 9.84. The predicted molar refractivity (Wildman–Crippen MR) is 160 cm³/mol. The van der Waals surface area contributed by atoms with Gasteiger partial charge in [-0.2, -0.15) is 0 Å². The van der Waals surface area contributed by atoms with Crippen molar-refractivity contribution >= 4 is 33.6 Å². The first-order valence-corrected chi connectivity index (χ1v) is 16.1. The zero-order chi connectivity index (χ0) is 31.0. The lowest BCUT2D eigenvalue weighted by Gasteiger charge is -2.24. The molecular formula is C30H34ClN3O8S. The van der Waals surface area contributed by atoms with Crippen molar-refractivity contribution < 1.29 is 37.3 Å². The SMILES string of the molecule is CS(=O)(=O)NC(=O)c1ccc(-c2ccc(OC(COC(N)=O)C[C@@H](O)c3ccc(Cl)nc3)cc2)cc1OC1CCCCC1. The normalized spacial score (nSPS) is 15.2. The van der Waals surface area contributed by atoms with Crippen LogP contribution in [0.25, 0.3) is 11.1 Å². The molecule has 0 aliphatic heterocycles. The molecule has 1 heterocycles. The number of rotatable bonds is 12. The van der Waals surface area contributed by atoms with Crippen molar-refractivity contribution in [1.29, 1.82) is 0 Å². The van der Waals surface area contributed by atoms with Gasteiger partial charge in [0.2, 0.25) is 10.0 Å². The maximum Gasteiger partial charge on any atom is 0.404 e. The maximum atomic E-state index is 12.7. The van der Waals surface area contributed by atoms with Crippen LogP contribution >= 0.6 is 11.6 Å². The molecule has 1 aliphatic carbocycles. The zero-order valence-corrected chi connectivity index (χ0v) is 25.1. The highest BCUT2D eigenvalue weighted by molar-refractivity contribution is 7.89. The average molecular weight is 632 g/mol. The van der Waals surface area contributed by atoms with Gasteiger partial charge in [-0.25, -0.2) is 22.9 Å². The summed E-state index contributed by atoms with van der Waals surface area (Å²) in [4.78, 5) is 27.9. The smallest absolute Gasteiger partial charge is 0.404 e. The van der Waals surface area contributed by atoms with Crippen LogP contribution in [0.1, 0.15) is 60.6 Å². The number of carbonyl (C=O) groups is 2. The third-order valence-corrected chi connectivity index (χ3v) is 7.65. The summed E-state index contributed by atoms with van der Waals surface area (Å²) >= 11 is 5.83. The van der Waals surface area contributed by atoms with E-state index in [1.54, 1.807) is 54.6 Å². The van der Waals surface area contributed by atoms with E-state index in [1.165, 1.54) is 6.20 Å². The van der Waals surface area contributed by atoms with Crippen LogP contribution in [0.4, 0.5) is 4.79 Å². The molecule has 0 bridgehead atoms. The van der Waals surface area contributed by atoms with Gasteiger partial charge in [0, 0.05) is 12.6 Å². The Hall–Kier alpha value is -3.87. The van der Waals surface area contributed by atoms with Crippen LogP contribution in [0.5, 0.6) is 11.5 Å². The van der Waals surface area contributed by atoms with E-state index in [-0.39, 0.29) is 24.7 Å². The van der Waals surface area contributed by atoms with Crippen LogP contribution in [0.3, 0.4) is 0 Å². The quantitative estimate of drug-likeness (QED) is 0.239. The molecule has 1 aliphatic rings. The van der Waals surface area contributed by atoms with Crippen LogP contribution in [-0.4, -0.2) is 55.6 Å². The van der Waals surface area contributed by atoms with Gasteiger partial charge >= 0.3 is 6.09 Å². The number of nitrogens with one attached hydrogen (secondary N) is 1. The summed E-state index contributed by atoms with van der Waals surface area (Å²) < 4.78 is 42.6. The average Bonchev–Trinajstić information content (AvgIpc) is 2.96. The number of carbonyl (C=O) groups excluding carboxylic acids is 2. The highest BCUT2D eigenvalue weighted by Crippen LogP contribution is 2.32. The Morgan fingerprint density at radius 1 is 1.07 bits per heavy atom. The number of hydrogen-bond donors (Lipinski definition) is 3. The second-order valence-corrected chi connectivity index (χ2v) is 12.5. The van der Waals surface area contributed by atoms with Gasteiger partial charge in [-0.1, -0.05) is 42.3 Å². The van der Waals surface area contributed by atoms with Crippen molar-refractivity contribution in [2.45, 2.75) is 56.8 Å². The summed E-state index contributed by atoms with van der Waals surface area (Å²) in [6, 6.07) is 15.2. The molecule has 2 aromatic carbocycles. The summed E-state index contributed by atoms with van der Waals surface area (Å²) in [5.74, 6) is -0.00398. The van der Waals surface area contributed by atoms with E-state index in [1.807, 2.05) is 4.72 Å². The van der Waals surface area contributed by atoms with E-state index < -0.39 is 34.2 Å². The number of aliphatic hydroxyl groups is 1. The molecule has 13 heteroatoms. The van der Waals surface area contributed by atoms with Gasteiger partial charge in [-0.3, -0.25) is 4.79 Å². The van der Waals surface area contributed by atoms with Crippen LogP contribution < -0.4 is 19.9 Å². The first-order valence-electron chi connectivity index (χ1n) is 13.8. The molecule has 1 fully saturated rings. The molecule has 1 aromatic heterocycles. The molecule has 43 heavy (non-hydrogen) atoms. The number of sulfonamides is 1. The number of pyridine rings is 1. The van der Waals surface area contributed by atoms with Gasteiger partial charge in [0.25, 0.3) is 5.91 Å². The molecule has 3 aromatic rings. The van der Waals surface area contributed by atoms with Crippen molar-refractivity contribution in [1.82, 2.24) is 9.71 Å². The lowest BCUT2D eigenvalue weighted by molar-refractivity contribution is 0.0461. The van der Waals surface area contributed by atoms with Crippen LogP contribution in [-0.2, 0) is 14.8 Å². The van der Waals surface area contributed by atoms with E-state index in [2.05, 4.69) is 4.98 Å². The highest BCUT2D eigenvalue weighted by Gasteiger charge is 2.23. The summed E-state index contributed by atoms with van der Waals surface area (Å²) in [6.45, 7) is -0.186. The van der Waals surface area contributed by atoms with Gasteiger partial charge in [0.15, 0.2) is 0 Å². The molecule has 0 radical (unpaired) electrons. The molecule has 0 saturated heterocycles. The minimum Gasteiger partial charge on any atom is -0.490 e. The minimum absolute atomic E-state index is 0.0666. The Morgan fingerprint density at radius 3 is 2.40 bits per heavy atom. The molecular weight excluding hydrogens is 598 g/mol. The van der Waals surface area contributed by atoms with Gasteiger partial charge in [-0.15, -0.1) is 0 Å². The Bertz CT molecular complexity index is 1510. The number of aromatic nitrogens is 1. The van der Waals surface area contributed by atoms with Crippen LogP contribution in [0.15, 0.2) is 60.8 Å². The number of ether oxygens (including phenoxy) is 3. The fourth-order valence-electron chi connectivity index (χ4n) is 4.79. The van der Waals surface area contributed by atoms with Crippen molar-refractivity contribution in [3.8, 4) is 22.6 Å². The van der Waals surface area contributed by atoms with E-state index in [0.29, 0.717) is 22.2 Å². The first-order chi connectivity index (χ1) is 20.5. The van der Waals surface area contributed by atoms with E-state index in [0.717, 1.165) is 49.5 Å². The summed E-state index contributed by atoms with van der Waals surface area (Å²) in [5, 5.41) is 11.0. The molecule has 2 amide bonds. The second kappa shape index (κ2) is 14.5. The van der Waals surface area contributed by atoms with Crippen molar-refractivity contribution in [3.63, 3.8) is 0 Å². The Balaban J connectivity index is 1.52. The Morgan fingerprint density at radius 2 is 1.77 bits per heavy atom. The van der Waals surface area contributed by atoms with Gasteiger partial charge in [0.05, 0.1) is 24.0 Å². The van der Waals surface area contributed by atoms with E-state index >= 15 is 0 Å². The van der Waals surface area contributed by atoms with Crippen molar-refractivity contribution in [2.24, 2.45) is 5.73 Å². The summed E-state index contributed by atoms with van der Waals surface area (Å²) in [7, 11) is -3.76. The summed E-state index contributed by atoms with van der Waals surface area (Å²) in [6.07, 6.45) is 4.61. The van der Waals surface area contributed by atoms with E-state index in [9.17, 15) is 23.1 Å². The molecule has 1 saturated carbocycles. The molecule has 230 valence electrons. The molecule has 11 nitrogen and oxygen atoms in total. The highest BCUT2D eigenvalue weighted by atomic mass is 35.5. The number of benzene rings is 2. The molecule has 1 unspecified atom stereocenters. The van der Waals surface area contributed by atoms with Gasteiger partial charge in [-0.05, 0) is 72.7 Å². The maximum absolute atomic E-state index is 12.7. The van der Waals surface area contributed by atoms with Crippen molar-refractivity contribution in [2.75, 3.05) is 12.9 Å². The number of hydrogen-bond acceptors (Lipinski definition) is 9. The summed E-state index contributed by atoms with van der Waals surface area (Å²) in [5.41, 5.74) is 7.32. The number of halogens is 1. The zero-order valence-electron chi connectivity index (χ0n) is 23.6. The number of aliphatic hydroxyl groups excluding tert-OH is 1. The lowest BCUT2D eigenvalue weighted by Crippen LogP contribution is -2.30. The van der Waals surface area contributed by atoms with Crippen molar-refractivity contribution in [3.05, 3.63) is 77.1 Å². The fourth-order valence-corrected chi connectivity index (χ4v) is 5.34. The number of nitrogens with zero attached hydrogens (tertiary/aromatic N) is 1. The molecule has 4 rings (SSSR count). The number of amides is 2.